The van der Waals surface area contributed by atoms with Gasteiger partial charge in [0, 0.05) is 6.04 Å². The third-order valence-electron chi connectivity index (χ3n) is 4.47. The van der Waals surface area contributed by atoms with Crippen molar-refractivity contribution in [2.75, 3.05) is 10.6 Å². The van der Waals surface area contributed by atoms with E-state index in [0.29, 0.717) is 17.9 Å². The first-order valence-electron chi connectivity index (χ1n) is 8.55. The number of halogens is 1. The van der Waals surface area contributed by atoms with Gasteiger partial charge in [0.2, 0.25) is 17.2 Å². The first-order chi connectivity index (χ1) is 11.5. The molecule has 0 spiro atoms. The standard InChI is InChI=1S/C18H24ClN5/c1-18(2,13-9-5-3-6-10-13)24-17-22-15(19)21-16(23-17)20-14-11-7-4-8-12-14/h3,5-6,9-10,14H,4,7-8,11-12H2,1-2H3,(H2,20,21,22,23,24). The second-order valence-corrected chi connectivity index (χ2v) is 7.19. The zero-order valence-electron chi connectivity index (χ0n) is 14.2. The SMILES string of the molecule is CC(C)(Nc1nc(Cl)nc(NC2CCCCC2)n1)c1ccccc1. The molecule has 0 bridgehead atoms. The second kappa shape index (κ2) is 7.34. The summed E-state index contributed by atoms with van der Waals surface area (Å²) in [5.41, 5.74) is 0.844. The van der Waals surface area contributed by atoms with E-state index in [0.717, 1.165) is 18.4 Å². The van der Waals surface area contributed by atoms with Gasteiger partial charge in [-0.2, -0.15) is 15.0 Å². The number of hydrogen-bond donors (Lipinski definition) is 2. The van der Waals surface area contributed by atoms with Gasteiger partial charge in [-0.3, -0.25) is 0 Å². The van der Waals surface area contributed by atoms with Gasteiger partial charge < -0.3 is 10.6 Å². The Labute approximate surface area is 148 Å². The molecule has 0 unspecified atom stereocenters. The lowest BCUT2D eigenvalue weighted by Gasteiger charge is -2.27. The Bertz CT molecular complexity index is 668. The van der Waals surface area contributed by atoms with Crippen molar-refractivity contribution in [1.29, 1.82) is 0 Å². The number of rotatable bonds is 5. The van der Waals surface area contributed by atoms with Crippen LogP contribution in [-0.4, -0.2) is 21.0 Å². The van der Waals surface area contributed by atoms with Gasteiger partial charge >= 0.3 is 0 Å². The summed E-state index contributed by atoms with van der Waals surface area (Å²) in [6.45, 7) is 4.18. The Hall–Kier alpha value is -1.88. The lowest BCUT2D eigenvalue weighted by Crippen LogP contribution is -2.29. The van der Waals surface area contributed by atoms with Crippen molar-refractivity contribution in [3.8, 4) is 0 Å². The van der Waals surface area contributed by atoms with Crippen LogP contribution in [0.1, 0.15) is 51.5 Å². The van der Waals surface area contributed by atoms with E-state index in [1.54, 1.807) is 0 Å². The van der Waals surface area contributed by atoms with E-state index in [-0.39, 0.29) is 10.8 Å². The summed E-state index contributed by atoms with van der Waals surface area (Å²) in [6.07, 6.45) is 6.13. The van der Waals surface area contributed by atoms with E-state index >= 15 is 0 Å². The van der Waals surface area contributed by atoms with E-state index < -0.39 is 0 Å². The Morgan fingerprint density at radius 3 is 2.33 bits per heavy atom. The molecule has 1 aromatic heterocycles. The molecule has 1 fully saturated rings. The molecule has 1 heterocycles. The number of hydrogen-bond acceptors (Lipinski definition) is 5. The van der Waals surface area contributed by atoms with E-state index in [1.807, 2.05) is 18.2 Å². The Balaban J connectivity index is 1.75. The molecular formula is C18H24ClN5. The summed E-state index contributed by atoms with van der Waals surface area (Å²) < 4.78 is 0. The van der Waals surface area contributed by atoms with Crippen molar-refractivity contribution < 1.29 is 0 Å². The molecule has 2 N–H and O–H groups in total. The lowest BCUT2D eigenvalue weighted by molar-refractivity contribution is 0.460. The van der Waals surface area contributed by atoms with Crippen LogP contribution < -0.4 is 10.6 Å². The molecule has 1 aromatic carbocycles. The number of nitrogens with one attached hydrogen (secondary N) is 2. The van der Waals surface area contributed by atoms with Crippen LogP contribution in [-0.2, 0) is 5.54 Å². The first kappa shape index (κ1) is 17.0. The quantitative estimate of drug-likeness (QED) is 0.828. The summed E-state index contributed by atoms with van der Waals surface area (Å²) in [7, 11) is 0. The van der Waals surface area contributed by atoms with Crippen LogP contribution in [0.2, 0.25) is 5.28 Å². The predicted octanol–water partition coefficient (Wildman–Crippen LogP) is 4.62. The van der Waals surface area contributed by atoms with Gasteiger partial charge in [-0.15, -0.1) is 0 Å². The maximum absolute atomic E-state index is 6.10. The molecule has 2 aromatic rings. The van der Waals surface area contributed by atoms with Crippen LogP contribution >= 0.6 is 11.6 Å². The molecule has 0 atom stereocenters. The molecule has 1 saturated carbocycles. The fourth-order valence-electron chi connectivity index (χ4n) is 3.11. The zero-order chi connectivity index (χ0) is 17.0. The van der Waals surface area contributed by atoms with Crippen LogP contribution in [0.3, 0.4) is 0 Å². The van der Waals surface area contributed by atoms with Gasteiger partial charge in [0.05, 0.1) is 5.54 Å². The second-order valence-electron chi connectivity index (χ2n) is 6.85. The highest BCUT2D eigenvalue weighted by Crippen LogP contribution is 2.25. The third kappa shape index (κ3) is 4.35. The van der Waals surface area contributed by atoms with Gasteiger partial charge in [-0.05, 0) is 43.9 Å². The van der Waals surface area contributed by atoms with Gasteiger partial charge in [-0.25, -0.2) is 0 Å². The molecular weight excluding hydrogens is 322 g/mol. The minimum absolute atomic E-state index is 0.203. The summed E-state index contributed by atoms with van der Waals surface area (Å²) in [4.78, 5) is 13.0. The Morgan fingerprint density at radius 1 is 0.958 bits per heavy atom. The molecule has 0 amide bonds. The molecule has 1 aliphatic rings. The van der Waals surface area contributed by atoms with Gasteiger partial charge in [0.1, 0.15) is 0 Å². The molecule has 0 saturated heterocycles. The highest BCUT2D eigenvalue weighted by atomic mass is 35.5. The van der Waals surface area contributed by atoms with E-state index in [1.165, 1.54) is 19.3 Å². The molecule has 5 nitrogen and oxygen atoms in total. The van der Waals surface area contributed by atoms with Crippen molar-refractivity contribution in [2.24, 2.45) is 0 Å². The number of nitrogens with zero attached hydrogens (tertiary/aromatic N) is 3. The molecule has 3 rings (SSSR count). The summed E-state index contributed by atoms with van der Waals surface area (Å²) >= 11 is 6.10. The van der Waals surface area contributed by atoms with Crippen molar-refractivity contribution >= 4 is 23.5 Å². The largest absolute Gasteiger partial charge is 0.351 e. The van der Waals surface area contributed by atoms with Crippen LogP contribution in [0.15, 0.2) is 30.3 Å². The normalized spacial score (nSPS) is 16.0. The Morgan fingerprint density at radius 2 is 1.62 bits per heavy atom. The number of anilines is 2. The fraction of sp³-hybridized carbons (Fsp3) is 0.500. The Kier molecular flexibility index (Phi) is 5.19. The van der Waals surface area contributed by atoms with Crippen LogP contribution in [0, 0.1) is 0 Å². The van der Waals surface area contributed by atoms with Crippen LogP contribution in [0.5, 0.6) is 0 Å². The molecule has 128 valence electrons. The van der Waals surface area contributed by atoms with E-state index in [4.69, 9.17) is 11.6 Å². The average molecular weight is 346 g/mol. The topological polar surface area (TPSA) is 62.7 Å². The van der Waals surface area contributed by atoms with E-state index in [9.17, 15) is 0 Å². The lowest BCUT2D eigenvalue weighted by atomic mass is 9.95. The smallest absolute Gasteiger partial charge is 0.229 e. The summed E-state index contributed by atoms with van der Waals surface area (Å²) in [6, 6.07) is 10.6. The van der Waals surface area contributed by atoms with Gasteiger partial charge in [0.25, 0.3) is 0 Å². The molecule has 0 aliphatic heterocycles. The number of aromatic nitrogens is 3. The molecule has 0 radical (unpaired) electrons. The summed E-state index contributed by atoms with van der Waals surface area (Å²) in [5, 5.41) is 6.97. The van der Waals surface area contributed by atoms with Crippen LogP contribution in [0.25, 0.3) is 0 Å². The van der Waals surface area contributed by atoms with E-state index in [2.05, 4.69) is 51.6 Å². The summed E-state index contributed by atoms with van der Waals surface area (Å²) in [5.74, 6) is 1.04. The van der Waals surface area contributed by atoms with Crippen molar-refractivity contribution in [1.82, 2.24) is 15.0 Å². The minimum atomic E-state index is -0.311. The van der Waals surface area contributed by atoms with Crippen molar-refractivity contribution in [3.63, 3.8) is 0 Å². The third-order valence-corrected chi connectivity index (χ3v) is 4.64. The van der Waals surface area contributed by atoms with Gasteiger partial charge in [0.15, 0.2) is 0 Å². The monoisotopic (exact) mass is 345 g/mol. The number of benzene rings is 1. The zero-order valence-corrected chi connectivity index (χ0v) is 15.0. The highest BCUT2D eigenvalue weighted by molar-refractivity contribution is 6.28. The van der Waals surface area contributed by atoms with Crippen molar-refractivity contribution in [3.05, 3.63) is 41.2 Å². The average Bonchev–Trinajstić information content (AvgIpc) is 2.55. The molecule has 24 heavy (non-hydrogen) atoms. The van der Waals surface area contributed by atoms with Gasteiger partial charge in [-0.1, -0.05) is 49.6 Å². The highest BCUT2D eigenvalue weighted by Gasteiger charge is 2.22. The maximum atomic E-state index is 6.10. The van der Waals surface area contributed by atoms with Crippen LogP contribution in [0.4, 0.5) is 11.9 Å². The minimum Gasteiger partial charge on any atom is -0.351 e. The fourth-order valence-corrected chi connectivity index (χ4v) is 3.27. The predicted molar refractivity (Wildman–Crippen MR) is 98.4 cm³/mol. The molecule has 1 aliphatic carbocycles. The maximum Gasteiger partial charge on any atom is 0.229 e. The molecule has 6 heteroatoms. The first-order valence-corrected chi connectivity index (χ1v) is 8.92. The van der Waals surface area contributed by atoms with Crippen molar-refractivity contribution in [2.45, 2.75) is 57.5 Å².